The number of nitrogens with zero attached hydrogens (tertiary/aromatic N) is 3. The number of anilines is 1. The van der Waals surface area contributed by atoms with Gasteiger partial charge in [-0.3, -0.25) is 0 Å². The van der Waals surface area contributed by atoms with Gasteiger partial charge in [0, 0.05) is 10.6 Å². The molecule has 0 radical (unpaired) electrons. The van der Waals surface area contributed by atoms with E-state index < -0.39 is 0 Å². The molecule has 0 aromatic carbocycles. The number of pyridine rings is 1. The Bertz CT molecular complexity index is 838. The van der Waals surface area contributed by atoms with Gasteiger partial charge >= 0.3 is 0 Å². The molecule has 0 spiro atoms. The predicted octanol–water partition coefficient (Wildman–Crippen LogP) is 3.52. The number of thiophene rings is 1. The molecule has 3 heterocycles. The van der Waals surface area contributed by atoms with Crippen LogP contribution in [0.4, 0.5) is 5.82 Å². The highest BCUT2D eigenvalue weighted by atomic mass is 32.1. The Morgan fingerprint density at radius 2 is 1.95 bits per heavy atom. The number of hydrogen-bond acceptors (Lipinski definition) is 5. The molecule has 4 nitrogen and oxygen atoms in total. The van der Waals surface area contributed by atoms with Gasteiger partial charge in [-0.15, -0.1) is 11.3 Å². The molecule has 1 aliphatic carbocycles. The first kappa shape index (κ1) is 12.7. The van der Waals surface area contributed by atoms with Crippen molar-refractivity contribution >= 4 is 27.4 Å². The summed E-state index contributed by atoms with van der Waals surface area (Å²) in [5.74, 6) is 1.22. The molecule has 0 atom stereocenters. The number of aryl methyl sites for hydroxylation is 3. The Labute approximate surface area is 127 Å². The van der Waals surface area contributed by atoms with Crippen molar-refractivity contribution in [3.63, 3.8) is 0 Å². The lowest BCUT2D eigenvalue weighted by Crippen LogP contribution is -2.02. The maximum atomic E-state index is 6.23. The highest BCUT2D eigenvalue weighted by molar-refractivity contribution is 7.19. The molecule has 0 saturated heterocycles. The Morgan fingerprint density at radius 3 is 2.81 bits per heavy atom. The van der Waals surface area contributed by atoms with E-state index in [4.69, 9.17) is 10.7 Å². The quantitative estimate of drug-likeness (QED) is 0.746. The van der Waals surface area contributed by atoms with Crippen molar-refractivity contribution < 1.29 is 0 Å². The summed E-state index contributed by atoms with van der Waals surface area (Å²) in [6.07, 6.45) is 4.75. The van der Waals surface area contributed by atoms with Crippen molar-refractivity contribution in [3.05, 3.63) is 34.3 Å². The van der Waals surface area contributed by atoms with E-state index in [9.17, 15) is 0 Å². The second kappa shape index (κ2) is 4.77. The van der Waals surface area contributed by atoms with Crippen LogP contribution in [-0.4, -0.2) is 15.0 Å². The molecule has 3 aromatic heterocycles. The third-order valence-electron chi connectivity index (χ3n) is 3.96. The van der Waals surface area contributed by atoms with E-state index in [0.29, 0.717) is 11.6 Å². The third kappa shape index (κ3) is 2.08. The fourth-order valence-electron chi connectivity index (χ4n) is 2.97. The zero-order chi connectivity index (χ0) is 14.4. The summed E-state index contributed by atoms with van der Waals surface area (Å²) in [4.78, 5) is 16.2. The van der Waals surface area contributed by atoms with Crippen LogP contribution < -0.4 is 5.73 Å². The zero-order valence-corrected chi connectivity index (χ0v) is 12.7. The van der Waals surface area contributed by atoms with Crippen LogP contribution in [0.5, 0.6) is 0 Å². The van der Waals surface area contributed by atoms with Crippen LogP contribution in [0, 0.1) is 6.92 Å². The number of nitrogen functional groups attached to an aromatic ring is 1. The van der Waals surface area contributed by atoms with Gasteiger partial charge in [-0.1, -0.05) is 6.07 Å². The van der Waals surface area contributed by atoms with Gasteiger partial charge < -0.3 is 5.73 Å². The van der Waals surface area contributed by atoms with E-state index >= 15 is 0 Å². The van der Waals surface area contributed by atoms with Gasteiger partial charge in [-0.25, -0.2) is 15.0 Å². The summed E-state index contributed by atoms with van der Waals surface area (Å²) in [6, 6.07) is 5.87. The van der Waals surface area contributed by atoms with Gasteiger partial charge in [-0.05, 0) is 50.3 Å². The molecule has 21 heavy (non-hydrogen) atoms. The molecule has 0 bridgehead atoms. The Balaban J connectivity index is 1.93. The second-order valence-electron chi connectivity index (χ2n) is 5.49. The van der Waals surface area contributed by atoms with Crippen LogP contribution in [0.3, 0.4) is 0 Å². The van der Waals surface area contributed by atoms with Gasteiger partial charge in [0.2, 0.25) is 0 Å². The van der Waals surface area contributed by atoms with E-state index in [1.807, 2.05) is 25.1 Å². The first-order valence-corrected chi connectivity index (χ1v) is 8.06. The number of aromatic nitrogens is 3. The van der Waals surface area contributed by atoms with E-state index in [-0.39, 0.29) is 0 Å². The number of fused-ring (bicyclic) bond motifs is 3. The van der Waals surface area contributed by atoms with Crippen molar-refractivity contribution in [3.8, 4) is 11.5 Å². The molecular formula is C16H16N4S. The van der Waals surface area contributed by atoms with Gasteiger partial charge in [0.05, 0.1) is 5.39 Å². The molecule has 106 valence electrons. The standard InChI is InChI=1S/C16H16N4S/c1-9-5-4-7-11(18-9)15-19-14(17)13-10-6-2-3-8-12(10)21-16(13)20-15/h4-5,7H,2-3,6,8H2,1H3,(H2,17,19,20). The first-order chi connectivity index (χ1) is 10.2. The molecule has 5 heteroatoms. The third-order valence-corrected chi connectivity index (χ3v) is 5.15. The van der Waals surface area contributed by atoms with E-state index in [2.05, 4.69) is 9.97 Å². The van der Waals surface area contributed by atoms with Crippen LogP contribution in [0.2, 0.25) is 0 Å². The van der Waals surface area contributed by atoms with Gasteiger partial charge in [0.25, 0.3) is 0 Å². The maximum Gasteiger partial charge on any atom is 0.181 e. The molecule has 0 amide bonds. The van der Waals surface area contributed by atoms with Crippen LogP contribution >= 0.6 is 11.3 Å². The lowest BCUT2D eigenvalue weighted by atomic mass is 9.97. The fraction of sp³-hybridized carbons (Fsp3) is 0.312. The van der Waals surface area contributed by atoms with Crippen molar-refractivity contribution in [2.75, 3.05) is 5.73 Å². The van der Waals surface area contributed by atoms with Gasteiger partial charge in [-0.2, -0.15) is 0 Å². The Hall–Kier alpha value is -2.01. The SMILES string of the molecule is Cc1cccc(-c2nc(N)c3c4c(sc3n2)CCCC4)n1. The monoisotopic (exact) mass is 296 g/mol. The Morgan fingerprint density at radius 1 is 1.10 bits per heavy atom. The minimum Gasteiger partial charge on any atom is -0.383 e. The second-order valence-corrected chi connectivity index (χ2v) is 6.57. The molecule has 0 unspecified atom stereocenters. The normalized spacial score (nSPS) is 14.3. The summed E-state index contributed by atoms with van der Waals surface area (Å²) in [6.45, 7) is 1.97. The highest BCUT2D eigenvalue weighted by Gasteiger charge is 2.20. The maximum absolute atomic E-state index is 6.23. The summed E-state index contributed by atoms with van der Waals surface area (Å²) in [7, 11) is 0. The number of nitrogens with two attached hydrogens (primary N) is 1. The van der Waals surface area contributed by atoms with Crippen LogP contribution in [0.25, 0.3) is 21.7 Å². The van der Waals surface area contributed by atoms with Crippen molar-refractivity contribution in [1.29, 1.82) is 0 Å². The van der Waals surface area contributed by atoms with Crippen LogP contribution in [0.15, 0.2) is 18.2 Å². The van der Waals surface area contributed by atoms with E-state index in [1.54, 1.807) is 11.3 Å². The van der Waals surface area contributed by atoms with Crippen molar-refractivity contribution in [2.45, 2.75) is 32.6 Å². The molecule has 3 aromatic rings. The summed E-state index contributed by atoms with van der Waals surface area (Å²) < 4.78 is 0. The van der Waals surface area contributed by atoms with Gasteiger partial charge in [0.1, 0.15) is 16.3 Å². The molecule has 0 saturated carbocycles. The van der Waals surface area contributed by atoms with E-state index in [0.717, 1.165) is 34.4 Å². The summed E-state index contributed by atoms with van der Waals surface area (Å²) >= 11 is 1.77. The first-order valence-electron chi connectivity index (χ1n) is 7.24. The number of hydrogen-bond donors (Lipinski definition) is 1. The van der Waals surface area contributed by atoms with Crippen molar-refractivity contribution in [2.24, 2.45) is 0 Å². The fourth-order valence-corrected chi connectivity index (χ4v) is 4.24. The summed E-state index contributed by atoms with van der Waals surface area (Å²) in [5.41, 5.74) is 9.35. The minimum absolute atomic E-state index is 0.595. The van der Waals surface area contributed by atoms with Crippen molar-refractivity contribution in [1.82, 2.24) is 15.0 Å². The lowest BCUT2D eigenvalue weighted by molar-refractivity contribution is 0.700. The minimum atomic E-state index is 0.595. The van der Waals surface area contributed by atoms with Crippen LogP contribution in [-0.2, 0) is 12.8 Å². The average Bonchev–Trinajstić information content (AvgIpc) is 2.86. The molecular weight excluding hydrogens is 280 g/mol. The molecule has 2 N–H and O–H groups in total. The molecule has 0 aliphatic heterocycles. The smallest absolute Gasteiger partial charge is 0.181 e. The largest absolute Gasteiger partial charge is 0.383 e. The lowest BCUT2D eigenvalue weighted by Gasteiger charge is -2.10. The Kier molecular flexibility index (Phi) is 2.89. The zero-order valence-electron chi connectivity index (χ0n) is 11.9. The predicted molar refractivity (Wildman–Crippen MR) is 86.4 cm³/mol. The average molecular weight is 296 g/mol. The molecule has 1 aliphatic rings. The topological polar surface area (TPSA) is 64.7 Å². The van der Waals surface area contributed by atoms with E-state index in [1.165, 1.54) is 23.3 Å². The molecule has 0 fully saturated rings. The van der Waals surface area contributed by atoms with Gasteiger partial charge in [0.15, 0.2) is 5.82 Å². The highest BCUT2D eigenvalue weighted by Crippen LogP contribution is 2.38. The number of rotatable bonds is 1. The summed E-state index contributed by atoms with van der Waals surface area (Å²) in [5, 5.41) is 1.08. The van der Waals surface area contributed by atoms with Crippen LogP contribution in [0.1, 0.15) is 29.0 Å². The molecule has 4 rings (SSSR count).